The van der Waals surface area contributed by atoms with Crippen molar-refractivity contribution in [2.24, 2.45) is 0 Å². The molecule has 4 atom stereocenters. The maximum absolute atomic E-state index is 13.4. The first-order chi connectivity index (χ1) is 22.2. The van der Waals surface area contributed by atoms with Crippen molar-refractivity contribution in [3.8, 4) is 0 Å². The number of hydrogen-bond donors (Lipinski definition) is 0. The number of benzene rings is 2. The zero-order valence-electron chi connectivity index (χ0n) is 27.9. The van der Waals surface area contributed by atoms with Crippen molar-refractivity contribution in [1.29, 1.82) is 0 Å². The van der Waals surface area contributed by atoms with Gasteiger partial charge < -0.3 is 28.7 Å². The fraction of sp³-hybridized carbons (Fsp3) is 0.543. The summed E-state index contributed by atoms with van der Waals surface area (Å²) in [7, 11) is 0. The standard InChI is InChI=1S/C35H44N4O8/c1-32(2)22-36(30(42)44-20-24-14-9-7-10-15-24)26-34(5,28(40)38(26)32)46-18-13-19-47-35(6)27-37(23-33(3,4)39(27)29(35)41)31(43)45-21-25-16-11-8-12-17-25/h7-12,14-17,26-27H,13,18-23H2,1-6H3/t26-,27+,34+,35-. The van der Waals surface area contributed by atoms with Gasteiger partial charge in [-0.15, -0.1) is 0 Å². The number of carbonyl (C=O) groups excluding carboxylic acids is 4. The molecule has 0 N–H and O–H groups in total. The van der Waals surface area contributed by atoms with Crippen molar-refractivity contribution in [2.45, 2.75) is 95.8 Å². The van der Waals surface area contributed by atoms with E-state index in [1.54, 1.807) is 33.4 Å². The lowest BCUT2D eigenvalue weighted by Crippen LogP contribution is -2.77. The smallest absolute Gasteiger partial charge is 0.411 e. The van der Waals surface area contributed by atoms with Crippen molar-refractivity contribution in [3.63, 3.8) is 0 Å². The molecule has 0 aliphatic carbocycles. The third-order valence-electron chi connectivity index (χ3n) is 9.74. The lowest BCUT2D eigenvalue weighted by atomic mass is 9.86. The minimum absolute atomic E-state index is 0.126. The van der Waals surface area contributed by atoms with E-state index in [0.29, 0.717) is 19.5 Å². The monoisotopic (exact) mass is 648 g/mol. The Morgan fingerprint density at radius 3 is 1.36 bits per heavy atom. The average Bonchev–Trinajstić information content (AvgIpc) is 3.49. The Morgan fingerprint density at radius 1 is 0.638 bits per heavy atom. The highest BCUT2D eigenvalue weighted by molar-refractivity contribution is 5.96. The Labute approximate surface area is 275 Å². The van der Waals surface area contributed by atoms with Crippen LogP contribution in [0.5, 0.6) is 0 Å². The highest BCUT2D eigenvalue weighted by Crippen LogP contribution is 2.48. The molecule has 47 heavy (non-hydrogen) atoms. The summed E-state index contributed by atoms with van der Waals surface area (Å²) < 4.78 is 23.6. The largest absolute Gasteiger partial charge is 0.444 e. The SMILES string of the molecule is CC1(C)CN(C(=O)OCc2ccccc2)[C@@H]2N1C(=O)[C@@]2(C)OCCCO[C@@]1(C)C(=O)N2[C@@H]1N(C(=O)OCc1ccccc1)CC2(C)C. The van der Waals surface area contributed by atoms with Gasteiger partial charge in [0.2, 0.25) is 0 Å². The average molecular weight is 649 g/mol. The predicted octanol–water partition coefficient (Wildman–Crippen LogP) is 4.13. The van der Waals surface area contributed by atoms with Crippen LogP contribution in [0.15, 0.2) is 60.7 Å². The summed E-state index contributed by atoms with van der Waals surface area (Å²) in [5.41, 5.74) is -1.91. The number of ether oxygens (including phenoxy) is 4. The minimum Gasteiger partial charge on any atom is -0.444 e. The molecule has 4 amide bonds. The van der Waals surface area contributed by atoms with E-state index in [0.717, 1.165) is 11.1 Å². The molecule has 6 rings (SSSR count). The molecule has 4 fully saturated rings. The van der Waals surface area contributed by atoms with Gasteiger partial charge in [-0.3, -0.25) is 19.4 Å². The summed E-state index contributed by atoms with van der Waals surface area (Å²) in [5, 5.41) is 0. The van der Waals surface area contributed by atoms with Crippen LogP contribution in [0.25, 0.3) is 0 Å². The first-order valence-electron chi connectivity index (χ1n) is 16.1. The van der Waals surface area contributed by atoms with Crippen LogP contribution in [0.1, 0.15) is 59.1 Å². The first kappa shape index (κ1) is 32.8. The molecule has 12 nitrogen and oxygen atoms in total. The number of β-lactam (4-membered cyclic amide) rings is 2. The molecule has 0 radical (unpaired) electrons. The number of carbonyl (C=O) groups is 4. The van der Waals surface area contributed by atoms with Crippen molar-refractivity contribution in [1.82, 2.24) is 19.6 Å². The van der Waals surface area contributed by atoms with Gasteiger partial charge in [0.05, 0.1) is 24.3 Å². The number of rotatable bonds is 10. The summed E-state index contributed by atoms with van der Waals surface area (Å²) in [6.45, 7) is 12.3. The molecule has 252 valence electrons. The van der Waals surface area contributed by atoms with Gasteiger partial charge in [0, 0.05) is 13.1 Å². The Balaban J connectivity index is 1.04. The Morgan fingerprint density at radius 2 is 1.00 bits per heavy atom. The van der Waals surface area contributed by atoms with Crippen LogP contribution in [0.3, 0.4) is 0 Å². The van der Waals surface area contributed by atoms with Gasteiger partial charge in [0.25, 0.3) is 11.8 Å². The van der Waals surface area contributed by atoms with Gasteiger partial charge in [0.1, 0.15) is 25.5 Å². The molecule has 0 spiro atoms. The van der Waals surface area contributed by atoms with Crippen molar-refractivity contribution in [3.05, 3.63) is 71.8 Å². The molecule has 4 aliphatic rings. The zero-order valence-corrected chi connectivity index (χ0v) is 27.9. The van der Waals surface area contributed by atoms with Crippen LogP contribution in [0.4, 0.5) is 9.59 Å². The normalized spacial score (nSPS) is 28.4. The third-order valence-corrected chi connectivity index (χ3v) is 9.74. The van der Waals surface area contributed by atoms with Crippen LogP contribution < -0.4 is 0 Å². The van der Waals surface area contributed by atoms with Gasteiger partial charge in [-0.25, -0.2) is 9.59 Å². The first-order valence-corrected chi connectivity index (χ1v) is 16.1. The van der Waals surface area contributed by atoms with Gasteiger partial charge in [-0.2, -0.15) is 0 Å². The van der Waals surface area contributed by atoms with Gasteiger partial charge >= 0.3 is 12.2 Å². The van der Waals surface area contributed by atoms with E-state index >= 15 is 0 Å². The highest BCUT2D eigenvalue weighted by atomic mass is 16.6. The van der Waals surface area contributed by atoms with E-state index < -0.39 is 46.8 Å². The van der Waals surface area contributed by atoms with E-state index in [9.17, 15) is 19.2 Å². The molecule has 0 unspecified atom stereocenters. The zero-order chi connectivity index (χ0) is 33.8. The third kappa shape index (κ3) is 5.50. The molecule has 4 saturated heterocycles. The van der Waals surface area contributed by atoms with E-state index in [1.807, 2.05) is 88.4 Å². The minimum atomic E-state index is -1.25. The van der Waals surface area contributed by atoms with Gasteiger partial charge in [-0.1, -0.05) is 60.7 Å². The van der Waals surface area contributed by atoms with Crippen LogP contribution in [-0.2, 0) is 41.8 Å². The number of amides is 4. The van der Waals surface area contributed by atoms with E-state index in [2.05, 4.69) is 0 Å². The quantitative estimate of drug-likeness (QED) is 0.279. The van der Waals surface area contributed by atoms with E-state index in [4.69, 9.17) is 18.9 Å². The van der Waals surface area contributed by atoms with Crippen LogP contribution in [0, 0.1) is 0 Å². The molecule has 0 saturated carbocycles. The van der Waals surface area contributed by atoms with Crippen molar-refractivity contribution in [2.75, 3.05) is 26.3 Å². The Kier molecular flexibility index (Phi) is 8.24. The molecule has 4 heterocycles. The second-order valence-corrected chi connectivity index (χ2v) is 14.3. The maximum Gasteiger partial charge on any atom is 0.411 e. The van der Waals surface area contributed by atoms with Crippen LogP contribution >= 0.6 is 0 Å². The fourth-order valence-corrected chi connectivity index (χ4v) is 7.36. The molecule has 4 aliphatic heterocycles. The number of fused-ring (bicyclic) bond motifs is 2. The van der Waals surface area contributed by atoms with Gasteiger partial charge in [0.15, 0.2) is 11.2 Å². The predicted molar refractivity (Wildman–Crippen MR) is 169 cm³/mol. The van der Waals surface area contributed by atoms with Crippen molar-refractivity contribution >= 4 is 24.0 Å². The summed E-state index contributed by atoms with van der Waals surface area (Å²) in [4.78, 5) is 59.6. The number of nitrogens with zero attached hydrogens (tertiary/aromatic N) is 4. The van der Waals surface area contributed by atoms with Crippen LogP contribution in [0.2, 0.25) is 0 Å². The lowest BCUT2D eigenvalue weighted by molar-refractivity contribution is -0.221. The summed E-state index contributed by atoms with van der Waals surface area (Å²) in [6, 6.07) is 18.8. The Bertz CT molecular complexity index is 1420. The molecular formula is C35H44N4O8. The molecule has 2 aromatic rings. The van der Waals surface area contributed by atoms with Crippen molar-refractivity contribution < 1.29 is 38.1 Å². The highest BCUT2D eigenvalue weighted by Gasteiger charge is 2.71. The lowest BCUT2D eigenvalue weighted by Gasteiger charge is -2.55. The molecule has 0 bridgehead atoms. The molecular weight excluding hydrogens is 604 g/mol. The molecule has 12 heteroatoms. The van der Waals surface area contributed by atoms with Gasteiger partial charge in [-0.05, 0) is 59.1 Å². The summed E-state index contributed by atoms with van der Waals surface area (Å²) >= 11 is 0. The second-order valence-electron chi connectivity index (χ2n) is 14.3. The maximum atomic E-state index is 13.4. The molecule has 2 aromatic carbocycles. The second kappa shape index (κ2) is 11.8. The van der Waals surface area contributed by atoms with E-state index in [1.165, 1.54) is 0 Å². The Hall–Kier alpha value is -4.16. The summed E-state index contributed by atoms with van der Waals surface area (Å²) in [5.74, 6) is -0.386. The molecule has 0 aromatic heterocycles. The fourth-order valence-electron chi connectivity index (χ4n) is 7.36. The number of hydrogen-bond acceptors (Lipinski definition) is 8. The topological polar surface area (TPSA) is 118 Å². The van der Waals surface area contributed by atoms with Crippen LogP contribution in [-0.4, -0.2) is 105 Å². The van der Waals surface area contributed by atoms with E-state index in [-0.39, 0.29) is 38.2 Å². The summed E-state index contributed by atoms with van der Waals surface area (Å²) in [6.07, 6.45) is -1.84.